The first-order chi connectivity index (χ1) is 6.95. The van der Waals surface area contributed by atoms with E-state index in [1.165, 1.54) is 0 Å². The first kappa shape index (κ1) is 18.0. The van der Waals surface area contributed by atoms with Crippen molar-refractivity contribution in [3.05, 3.63) is 12.2 Å². The van der Waals surface area contributed by atoms with Crippen LogP contribution < -0.4 is 17.0 Å². The van der Waals surface area contributed by atoms with Gasteiger partial charge in [0.2, 0.25) is 0 Å². The van der Waals surface area contributed by atoms with Crippen molar-refractivity contribution < 1.29 is 31.0 Å². The van der Waals surface area contributed by atoms with E-state index in [0.29, 0.717) is 12.2 Å². The summed E-state index contributed by atoms with van der Waals surface area (Å²) in [6, 6.07) is 0. The summed E-state index contributed by atoms with van der Waals surface area (Å²) in [5.74, 6) is -0.280. The molecule has 0 aliphatic carbocycles. The maximum atomic E-state index is 11.1. The van der Waals surface area contributed by atoms with Gasteiger partial charge in [-0.15, -0.1) is 0 Å². The summed E-state index contributed by atoms with van der Waals surface area (Å²) in [7, 11) is 2.22. The van der Waals surface area contributed by atoms with Crippen molar-refractivity contribution in [3.63, 3.8) is 0 Å². The summed E-state index contributed by atoms with van der Waals surface area (Å²) in [6.07, 6.45) is 0.914. The summed E-state index contributed by atoms with van der Waals surface area (Å²) in [4.78, 5) is 11.1. The first-order valence-corrected chi connectivity index (χ1v) is 5.61. The van der Waals surface area contributed by atoms with Crippen molar-refractivity contribution in [2.45, 2.75) is 27.2 Å². The molecule has 0 unspecified atom stereocenters. The second-order valence-electron chi connectivity index (χ2n) is 4.25. The van der Waals surface area contributed by atoms with Gasteiger partial charge in [0.05, 0.1) is 33.3 Å². The molecule has 0 bridgehead atoms. The lowest BCUT2D eigenvalue weighted by molar-refractivity contribution is -0.906. The molecule has 0 aromatic heterocycles. The molecule has 0 atom stereocenters. The lowest BCUT2D eigenvalue weighted by Gasteiger charge is -2.31. The van der Waals surface area contributed by atoms with Crippen LogP contribution in [0.15, 0.2) is 12.2 Å². The van der Waals surface area contributed by atoms with Crippen molar-refractivity contribution in [2.24, 2.45) is 0 Å². The maximum Gasteiger partial charge on any atom is 0.333 e. The quantitative estimate of drug-likeness (QED) is 0.260. The highest BCUT2D eigenvalue weighted by Crippen LogP contribution is 2.03. The number of esters is 1. The van der Waals surface area contributed by atoms with Gasteiger partial charge < -0.3 is 26.2 Å². The van der Waals surface area contributed by atoms with Gasteiger partial charge >= 0.3 is 5.97 Å². The number of carbonyl (C=O) groups excluding carboxylic acids is 1. The van der Waals surface area contributed by atoms with Crippen LogP contribution in [0.3, 0.4) is 0 Å². The van der Waals surface area contributed by atoms with Gasteiger partial charge in [-0.25, -0.2) is 4.79 Å². The van der Waals surface area contributed by atoms with Gasteiger partial charge in [-0.05, 0) is 20.8 Å². The second-order valence-corrected chi connectivity index (χ2v) is 4.25. The first-order valence-electron chi connectivity index (χ1n) is 5.61. The Hall–Kier alpha value is -0.350. The highest BCUT2D eigenvalue weighted by Gasteiger charge is 2.15. The van der Waals surface area contributed by atoms with Crippen LogP contribution in [0.5, 0.6) is 0 Å². The average Bonchev–Trinajstić information content (AvgIpc) is 2.23. The molecule has 0 saturated carbocycles. The van der Waals surface area contributed by atoms with Crippen LogP contribution >= 0.6 is 0 Å². The lowest BCUT2D eigenvalue weighted by Crippen LogP contribution is -3.00. The van der Waals surface area contributed by atoms with Crippen LogP contribution in [0.25, 0.3) is 0 Å². The molecule has 0 rings (SSSR count). The van der Waals surface area contributed by atoms with E-state index in [9.17, 15) is 4.79 Å². The number of hydrogen-bond donors (Lipinski definition) is 0. The molecular weight excluding hydrogens is 270 g/mol. The highest BCUT2D eigenvalue weighted by atomic mass is 79.9. The van der Waals surface area contributed by atoms with Gasteiger partial charge in [-0.2, -0.15) is 0 Å². The van der Waals surface area contributed by atoms with Gasteiger partial charge in [0.15, 0.2) is 0 Å². The van der Waals surface area contributed by atoms with Crippen LogP contribution in [-0.2, 0) is 9.53 Å². The van der Waals surface area contributed by atoms with Crippen molar-refractivity contribution >= 4 is 5.97 Å². The van der Waals surface area contributed by atoms with E-state index in [0.717, 1.165) is 30.5 Å². The number of ether oxygens (including phenoxy) is 1. The Morgan fingerprint density at radius 2 is 1.81 bits per heavy atom. The minimum atomic E-state index is -0.280. The zero-order valence-corrected chi connectivity index (χ0v) is 12.5. The predicted molar refractivity (Wildman–Crippen MR) is 62.5 cm³/mol. The van der Waals surface area contributed by atoms with Crippen molar-refractivity contribution in [1.29, 1.82) is 0 Å². The van der Waals surface area contributed by atoms with Crippen LogP contribution in [-0.4, -0.2) is 43.7 Å². The third-order valence-electron chi connectivity index (χ3n) is 2.95. The molecule has 16 heavy (non-hydrogen) atoms. The number of halogens is 1. The van der Waals surface area contributed by atoms with E-state index in [1.54, 1.807) is 6.92 Å². The number of quaternary nitrogens is 1. The third kappa shape index (κ3) is 7.01. The van der Waals surface area contributed by atoms with Gasteiger partial charge in [0, 0.05) is 12.0 Å². The van der Waals surface area contributed by atoms with Gasteiger partial charge in [-0.3, -0.25) is 0 Å². The summed E-state index contributed by atoms with van der Waals surface area (Å²) in [5.41, 5.74) is 0.471. The number of nitrogens with zero attached hydrogens (tertiary/aromatic N) is 1. The van der Waals surface area contributed by atoms with E-state index >= 15 is 0 Å². The van der Waals surface area contributed by atoms with Crippen molar-refractivity contribution in [1.82, 2.24) is 0 Å². The number of rotatable bonds is 7. The molecule has 0 aliphatic heterocycles. The predicted octanol–water partition coefficient (Wildman–Crippen LogP) is -1.01. The van der Waals surface area contributed by atoms with E-state index in [-0.39, 0.29) is 23.0 Å². The lowest BCUT2D eigenvalue weighted by atomic mass is 10.3. The molecule has 0 aromatic carbocycles. The van der Waals surface area contributed by atoms with Gasteiger partial charge in [0.25, 0.3) is 0 Å². The Kier molecular flexibility index (Phi) is 9.87. The molecule has 96 valence electrons. The Bertz CT molecular complexity index is 225. The Morgan fingerprint density at radius 3 is 2.19 bits per heavy atom. The average molecular weight is 294 g/mol. The second kappa shape index (κ2) is 8.76. The van der Waals surface area contributed by atoms with Crippen LogP contribution in [0, 0.1) is 0 Å². The van der Waals surface area contributed by atoms with Crippen LogP contribution in [0.1, 0.15) is 27.2 Å². The Morgan fingerprint density at radius 1 is 1.31 bits per heavy atom. The molecule has 0 heterocycles. The third-order valence-corrected chi connectivity index (χ3v) is 2.95. The fourth-order valence-electron chi connectivity index (χ4n) is 1.27. The zero-order valence-electron chi connectivity index (χ0n) is 10.9. The summed E-state index contributed by atoms with van der Waals surface area (Å²) in [5, 5.41) is 0. The summed E-state index contributed by atoms with van der Waals surface area (Å²) >= 11 is 0. The van der Waals surface area contributed by atoms with Gasteiger partial charge in [0.1, 0.15) is 0 Å². The molecular formula is C12H24BrNO2. The highest BCUT2D eigenvalue weighted by molar-refractivity contribution is 5.86. The molecule has 0 aromatic rings. The Balaban J connectivity index is 0. The Labute approximate surface area is 110 Å². The van der Waals surface area contributed by atoms with Crippen molar-refractivity contribution in [3.8, 4) is 0 Å². The number of hydrogen-bond acceptors (Lipinski definition) is 2. The number of carbonyl (C=O) groups is 1. The smallest absolute Gasteiger partial charge is 0.333 e. The molecule has 4 heteroatoms. The SMILES string of the molecule is C=C(C)C(=O)OCCC[N+](C)(CC)CC.[Br-]. The molecule has 3 nitrogen and oxygen atoms in total. The normalized spacial score (nSPS) is 10.5. The molecule has 0 radical (unpaired) electrons. The fourth-order valence-corrected chi connectivity index (χ4v) is 1.27. The molecule has 0 spiro atoms. The van der Waals surface area contributed by atoms with Crippen LogP contribution in [0.4, 0.5) is 0 Å². The minimum Gasteiger partial charge on any atom is -1.00 e. The van der Waals surface area contributed by atoms with E-state index in [4.69, 9.17) is 4.74 Å². The molecule has 0 saturated heterocycles. The largest absolute Gasteiger partial charge is 1.00 e. The molecule has 0 aliphatic rings. The maximum absolute atomic E-state index is 11.1. The molecule has 0 N–H and O–H groups in total. The zero-order chi connectivity index (χ0) is 11.9. The summed E-state index contributed by atoms with van der Waals surface area (Å²) in [6.45, 7) is 13.4. The monoisotopic (exact) mass is 293 g/mol. The van der Waals surface area contributed by atoms with E-state index in [1.807, 2.05) is 0 Å². The minimum absolute atomic E-state index is 0. The van der Waals surface area contributed by atoms with E-state index in [2.05, 4.69) is 27.5 Å². The van der Waals surface area contributed by atoms with E-state index < -0.39 is 0 Å². The summed E-state index contributed by atoms with van der Waals surface area (Å²) < 4.78 is 6.07. The van der Waals surface area contributed by atoms with Crippen LogP contribution in [0.2, 0.25) is 0 Å². The topological polar surface area (TPSA) is 26.3 Å². The fraction of sp³-hybridized carbons (Fsp3) is 0.750. The van der Waals surface area contributed by atoms with Crippen molar-refractivity contribution in [2.75, 3.05) is 33.3 Å². The van der Waals surface area contributed by atoms with Gasteiger partial charge in [-0.1, -0.05) is 6.58 Å². The standard InChI is InChI=1S/C12H24NO2.BrH/c1-6-13(5,7-2)9-8-10-15-12(14)11(3)4;/h3,6-10H2,1-2,4-5H3;1H/q+1;/p-1. The molecule has 0 fully saturated rings. The molecule has 0 amide bonds.